The molecule has 1 aliphatic rings. The molecule has 3 rings (SSSR count). The fraction of sp³-hybridized carbons (Fsp3) is 0.133. The zero-order chi connectivity index (χ0) is 11.7. The number of aryl methyl sites for hydroxylation is 1. The van der Waals surface area contributed by atoms with Crippen LogP contribution < -0.4 is 5.32 Å². The van der Waals surface area contributed by atoms with Crippen LogP contribution in [0.2, 0.25) is 0 Å². The van der Waals surface area contributed by atoms with Gasteiger partial charge in [-0.05, 0) is 42.3 Å². The molecule has 1 aliphatic carbocycles. The molecule has 84 valence electrons. The van der Waals surface area contributed by atoms with Gasteiger partial charge in [-0.1, -0.05) is 18.2 Å². The summed E-state index contributed by atoms with van der Waals surface area (Å²) in [5.74, 6) is 0.270. The molecule has 2 heteroatoms. The van der Waals surface area contributed by atoms with Gasteiger partial charge in [0.2, 0.25) is 0 Å². The molecule has 0 saturated carbocycles. The first-order valence-electron chi connectivity index (χ1n) is 5.81. The Labute approximate surface area is 100 Å². The maximum atomic E-state index is 11.5. The molecular formula is C15H13NO. The van der Waals surface area contributed by atoms with Crippen LogP contribution >= 0.6 is 0 Å². The van der Waals surface area contributed by atoms with E-state index in [4.69, 9.17) is 0 Å². The minimum atomic E-state index is 0.270. The average molecular weight is 223 g/mol. The molecule has 0 bridgehead atoms. The maximum Gasteiger partial charge on any atom is 0.163 e. The number of Topliss-reactive ketones (excluding diaryl/α,β-unsaturated/α-hetero) is 1. The standard InChI is InChI=1S/C15H13NO/c17-15-9-6-11-10-13(7-8-14(11)15)16-12-4-2-1-3-5-12/h1-5,7-8,10,16H,6,9H2. The van der Waals surface area contributed by atoms with E-state index in [9.17, 15) is 4.79 Å². The van der Waals surface area contributed by atoms with Gasteiger partial charge in [0.15, 0.2) is 5.78 Å². The van der Waals surface area contributed by atoms with Gasteiger partial charge in [0, 0.05) is 23.4 Å². The summed E-state index contributed by atoms with van der Waals surface area (Å²) in [6.45, 7) is 0. The molecule has 2 nitrogen and oxygen atoms in total. The van der Waals surface area contributed by atoms with E-state index in [1.54, 1.807) is 0 Å². The van der Waals surface area contributed by atoms with Gasteiger partial charge in [0.05, 0.1) is 0 Å². The SMILES string of the molecule is O=C1CCc2cc(Nc3ccccc3)ccc21. The summed E-state index contributed by atoms with van der Waals surface area (Å²) in [4.78, 5) is 11.5. The van der Waals surface area contributed by atoms with Gasteiger partial charge >= 0.3 is 0 Å². The monoisotopic (exact) mass is 223 g/mol. The third-order valence-corrected chi connectivity index (χ3v) is 3.09. The van der Waals surface area contributed by atoms with Crippen LogP contribution in [0.1, 0.15) is 22.3 Å². The van der Waals surface area contributed by atoms with Crippen molar-refractivity contribution < 1.29 is 4.79 Å². The van der Waals surface area contributed by atoms with Crippen molar-refractivity contribution >= 4 is 17.2 Å². The predicted molar refractivity (Wildman–Crippen MR) is 68.8 cm³/mol. The van der Waals surface area contributed by atoms with Gasteiger partial charge in [-0.2, -0.15) is 0 Å². The van der Waals surface area contributed by atoms with Gasteiger partial charge in [-0.25, -0.2) is 0 Å². The summed E-state index contributed by atoms with van der Waals surface area (Å²) in [7, 11) is 0. The van der Waals surface area contributed by atoms with Gasteiger partial charge in [-0.15, -0.1) is 0 Å². The van der Waals surface area contributed by atoms with Crippen molar-refractivity contribution in [2.75, 3.05) is 5.32 Å². The van der Waals surface area contributed by atoms with E-state index in [1.165, 1.54) is 0 Å². The van der Waals surface area contributed by atoms with Crippen molar-refractivity contribution in [2.24, 2.45) is 0 Å². The number of benzene rings is 2. The molecule has 0 aliphatic heterocycles. The number of anilines is 2. The summed E-state index contributed by atoms with van der Waals surface area (Å²) >= 11 is 0. The minimum Gasteiger partial charge on any atom is -0.356 e. The van der Waals surface area contributed by atoms with Crippen molar-refractivity contribution in [3.05, 3.63) is 59.7 Å². The molecular weight excluding hydrogens is 210 g/mol. The molecule has 0 unspecified atom stereocenters. The highest BCUT2D eigenvalue weighted by Gasteiger charge is 2.18. The number of para-hydroxylation sites is 1. The lowest BCUT2D eigenvalue weighted by molar-refractivity contribution is 0.0994. The Hall–Kier alpha value is -2.09. The third-order valence-electron chi connectivity index (χ3n) is 3.09. The number of nitrogens with one attached hydrogen (secondary N) is 1. The molecule has 0 fully saturated rings. The summed E-state index contributed by atoms with van der Waals surface area (Å²) in [5, 5.41) is 3.34. The Kier molecular flexibility index (Phi) is 2.41. The Morgan fingerprint density at radius 1 is 0.882 bits per heavy atom. The van der Waals surface area contributed by atoms with E-state index in [2.05, 4.69) is 11.4 Å². The molecule has 0 amide bonds. The van der Waals surface area contributed by atoms with Crippen LogP contribution in [-0.2, 0) is 6.42 Å². The molecule has 0 atom stereocenters. The second-order valence-corrected chi connectivity index (χ2v) is 4.29. The van der Waals surface area contributed by atoms with Crippen molar-refractivity contribution in [1.29, 1.82) is 0 Å². The van der Waals surface area contributed by atoms with Crippen LogP contribution in [0.3, 0.4) is 0 Å². The summed E-state index contributed by atoms with van der Waals surface area (Å²) in [6.07, 6.45) is 1.53. The fourth-order valence-corrected chi connectivity index (χ4v) is 2.22. The van der Waals surface area contributed by atoms with E-state index < -0.39 is 0 Å². The van der Waals surface area contributed by atoms with Crippen molar-refractivity contribution in [3.8, 4) is 0 Å². The Bertz CT molecular complexity index is 560. The number of ketones is 1. The van der Waals surface area contributed by atoms with E-state index in [1.807, 2.05) is 42.5 Å². The highest BCUT2D eigenvalue weighted by Crippen LogP contribution is 2.26. The Morgan fingerprint density at radius 3 is 2.53 bits per heavy atom. The summed E-state index contributed by atoms with van der Waals surface area (Å²) < 4.78 is 0. The first-order chi connectivity index (χ1) is 8.33. The Morgan fingerprint density at radius 2 is 1.71 bits per heavy atom. The zero-order valence-electron chi connectivity index (χ0n) is 9.44. The quantitative estimate of drug-likeness (QED) is 0.843. The summed E-state index contributed by atoms with van der Waals surface area (Å²) in [5.41, 5.74) is 4.17. The first-order valence-corrected chi connectivity index (χ1v) is 5.81. The van der Waals surface area contributed by atoms with Gasteiger partial charge < -0.3 is 5.32 Å². The number of carbonyl (C=O) groups is 1. The van der Waals surface area contributed by atoms with E-state index in [-0.39, 0.29) is 5.78 Å². The molecule has 2 aromatic rings. The number of carbonyl (C=O) groups excluding carboxylic acids is 1. The van der Waals surface area contributed by atoms with Crippen LogP contribution in [0.25, 0.3) is 0 Å². The molecule has 0 radical (unpaired) electrons. The van der Waals surface area contributed by atoms with Crippen molar-refractivity contribution in [3.63, 3.8) is 0 Å². The Balaban J connectivity index is 1.88. The van der Waals surface area contributed by atoms with Gasteiger partial charge in [0.1, 0.15) is 0 Å². The second-order valence-electron chi connectivity index (χ2n) is 4.29. The largest absolute Gasteiger partial charge is 0.356 e. The second kappa shape index (κ2) is 4.06. The number of hydrogen-bond acceptors (Lipinski definition) is 2. The topological polar surface area (TPSA) is 29.1 Å². The number of hydrogen-bond donors (Lipinski definition) is 1. The predicted octanol–water partition coefficient (Wildman–Crippen LogP) is 3.56. The molecule has 0 spiro atoms. The number of fused-ring (bicyclic) bond motifs is 1. The van der Waals surface area contributed by atoms with Gasteiger partial charge in [0.25, 0.3) is 0 Å². The lowest BCUT2D eigenvalue weighted by Crippen LogP contribution is -1.94. The molecule has 17 heavy (non-hydrogen) atoms. The normalized spacial score (nSPS) is 13.5. The van der Waals surface area contributed by atoms with Crippen molar-refractivity contribution in [2.45, 2.75) is 12.8 Å². The van der Waals surface area contributed by atoms with E-state index >= 15 is 0 Å². The lowest BCUT2D eigenvalue weighted by atomic mass is 10.1. The molecule has 0 heterocycles. The lowest BCUT2D eigenvalue weighted by Gasteiger charge is -2.07. The zero-order valence-corrected chi connectivity index (χ0v) is 9.44. The third kappa shape index (κ3) is 1.94. The van der Waals surface area contributed by atoms with Crippen LogP contribution in [0, 0.1) is 0 Å². The minimum absolute atomic E-state index is 0.270. The molecule has 0 aromatic heterocycles. The van der Waals surface area contributed by atoms with Gasteiger partial charge in [-0.3, -0.25) is 4.79 Å². The fourth-order valence-electron chi connectivity index (χ4n) is 2.22. The first kappa shape index (κ1) is 10.1. The summed E-state index contributed by atoms with van der Waals surface area (Å²) in [6, 6.07) is 16.0. The highest BCUT2D eigenvalue weighted by atomic mass is 16.1. The smallest absolute Gasteiger partial charge is 0.163 e. The van der Waals surface area contributed by atoms with E-state index in [0.29, 0.717) is 6.42 Å². The maximum absolute atomic E-state index is 11.5. The highest BCUT2D eigenvalue weighted by molar-refractivity contribution is 6.00. The van der Waals surface area contributed by atoms with Crippen LogP contribution in [0.4, 0.5) is 11.4 Å². The van der Waals surface area contributed by atoms with Crippen molar-refractivity contribution in [1.82, 2.24) is 0 Å². The van der Waals surface area contributed by atoms with E-state index in [0.717, 1.165) is 28.9 Å². The van der Waals surface area contributed by atoms with Crippen LogP contribution in [0.15, 0.2) is 48.5 Å². The number of rotatable bonds is 2. The average Bonchev–Trinajstić information content (AvgIpc) is 2.72. The van der Waals surface area contributed by atoms with Crippen LogP contribution in [0.5, 0.6) is 0 Å². The van der Waals surface area contributed by atoms with Crippen LogP contribution in [-0.4, -0.2) is 5.78 Å². The molecule has 1 N–H and O–H groups in total. The molecule has 2 aromatic carbocycles. The molecule has 0 saturated heterocycles.